The molecule has 0 saturated heterocycles. The molecule has 0 amide bonds. The summed E-state index contributed by atoms with van der Waals surface area (Å²) in [5, 5.41) is 17.0. The largest absolute Gasteiger partial charge is 0.441 e. The van der Waals surface area contributed by atoms with Crippen molar-refractivity contribution in [2.24, 2.45) is 0 Å². The third-order valence-electron chi connectivity index (χ3n) is 0.660. The fourth-order valence-corrected chi connectivity index (χ4v) is 0.336. The number of nitrogens with zero attached hydrogens (tertiary/aromatic N) is 1. The monoisotopic (exact) mass is 104 g/mol. The molecule has 0 aliphatic carbocycles. The van der Waals surface area contributed by atoms with Gasteiger partial charge in [0.15, 0.2) is 0 Å². The Morgan fingerprint density at radius 1 is 1.57 bits per heavy atom. The van der Waals surface area contributed by atoms with Crippen LogP contribution in [0.5, 0.6) is 0 Å². The van der Waals surface area contributed by atoms with E-state index in [1.807, 2.05) is 0 Å². The number of hydrogen-bond donors (Lipinski definition) is 2. The fraction of sp³-hybridized carbons (Fsp3) is 0.333. The molecule has 0 unspecified atom stereocenters. The molecule has 0 aromatic carbocycles. The van der Waals surface area contributed by atoms with Crippen LogP contribution in [0.3, 0.4) is 0 Å². The summed E-state index contributed by atoms with van der Waals surface area (Å²) in [5.41, 5.74) is 0. The van der Waals surface area contributed by atoms with E-state index in [1.54, 1.807) is 0 Å². The van der Waals surface area contributed by atoms with Crippen LogP contribution in [0.1, 0.15) is 0 Å². The highest BCUT2D eigenvalue weighted by Gasteiger charge is 2.23. The van der Waals surface area contributed by atoms with Crippen LogP contribution in [0.25, 0.3) is 0 Å². The van der Waals surface area contributed by atoms with Gasteiger partial charge in [0.2, 0.25) is 6.20 Å². The van der Waals surface area contributed by atoms with Gasteiger partial charge in [0.05, 0.1) is 0 Å². The Bertz CT molecular complexity index is 98.4. The topological polar surface area (TPSA) is 49.7 Å². The van der Waals surface area contributed by atoms with Gasteiger partial charge in [-0.2, -0.15) is 10.4 Å². The zero-order valence-electron chi connectivity index (χ0n) is 3.61. The van der Waals surface area contributed by atoms with Gasteiger partial charge in [-0.15, -0.1) is 0 Å². The Labute approximate surface area is 40.4 Å². The van der Waals surface area contributed by atoms with Crippen LogP contribution < -0.4 is 0 Å². The highest BCUT2D eigenvalue weighted by molar-refractivity contribution is 4.61. The van der Waals surface area contributed by atoms with Crippen molar-refractivity contribution >= 4 is 0 Å². The van der Waals surface area contributed by atoms with E-state index in [4.69, 9.17) is 10.4 Å². The smallest absolute Gasteiger partial charge is 0.288 e. The highest BCUT2D eigenvalue weighted by Crippen LogP contribution is 2.04. The van der Waals surface area contributed by atoms with E-state index in [1.165, 1.54) is 6.26 Å². The molecule has 0 atom stereocenters. The standard InChI is InChI=1S/C3H6NO3/c5-4(6)1-2-7-3-4/h1-2,5-6H,3H2/q+1. The summed E-state index contributed by atoms with van der Waals surface area (Å²) in [5.74, 6) is 0. The van der Waals surface area contributed by atoms with E-state index in [9.17, 15) is 0 Å². The molecule has 1 rings (SSSR count). The molecule has 40 valence electrons. The lowest BCUT2D eigenvalue weighted by molar-refractivity contribution is -1.21. The molecular formula is C3H6NO3+. The maximum Gasteiger partial charge on any atom is 0.288 e. The lowest BCUT2D eigenvalue weighted by atomic mass is 11.0. The first-order valence-electron chi connectivity index (χ1n) is 1.83. The quantitative estimate of drug-likeness (QED) is 0.426. The third kappa shape index (κ3) is 0.894. The summed E-state index contributed by atoms with van der Waals surface area (Å²) >= 11 is 0. The maximum atomic E-state index is 8.48. The molecule has 1 aliphatic heterocycles. The first-order valence-corrected chi connectivity index (χ1v) is 1.83. The zero-order valence-corrected chi connectivity index (χ0v) is 3.61. The Kier molecular flexibility index (Phi) is 0.780. The minimum Gasteiger partial charge on any atom is -0.441 e. The van der Waals surface area contributed by atoms with Crippen LogP contribution in [0.2, 0.25) is 0 Å². The van der Waals surface area contributed by atoms with Gasteiger partial charge in [-0.05, 0) is 0 Å². The van der Waals surface area contributed by atoms with Gasteiger partial charge in [-0.25, -0.2) is 0 Å². The third-order valence-corrected chi connectivity index (χ3v) is 0.660. The molecule has 0 aromatic rings. The molecular weight excluding hydrogens is 98.0 g/mol. The van der Waals surface area contributed by atoms with Gasteiger partial charge < -0.3 is 4.74 Å². The van der Waals surface area contributed by atoms with E-state index in [2.05, 4.69) is 4.74 Å². The summed E-state index contributed by atoms with van der Waals surface area (Å²) in [4.78, 5) is -1.15. The Hall–Kier alpha value is -0.580. The minimum absolute atomic E-state index is 0.111. The molecule has 0 fully saturated rings. The molecule has 7 heavy (non-hydrogen) atoms. The van der Waals surface area contributed by atoms with Crippen LogP contribution >= 0.6 is 0 Å². The first kappa shape index (κ1) is 4.58. The van der Waals surface area contributed by atoms with E-state index < -0.39 is 4.81 Å². The van der Waals surface area contributed by atoms with E-state index in [0.717, 1.165) is 6.20 Å². The van der Waals surface area contributed by atoms with Crippen molar-refractivity contribution in [2.45, 2.75) is 0 Å². The van der Waals surface area contributed by atoms with Crippen molar-refractivity contribution in [3.8, 4) is 0 Å². The van der Waals surface area contributed by atoms with Crippen LogP contribution in [-0.4, -0.2) is 22.0 Å². The number of rotatable bonds is 0. The maximum absolute atomic E-state index is 8.48. The molecule has 0 radical (unpaired) electrons. The number of quaternary nitrogens is 1. The zero-order chi connectivity index (χ0) is 5.33. The van der Waals surface area contributed by atoms with Crippen LogP contribution in [0.15, 0.2) is 12.5 Å². The lowest BCUT2D eigenvalue weighted by Crippen LogP contribution is -2.32. The van der Waals surface area contributed by atoms with Crippen molar-refractivity contribution in [3.05, 3.63) is 12.5 Å². The molecule has 1 aliphatic rings. The summed E-state index contributed by atoms with van der Waals surface area (Å²) in [6.45, 7) is -0.111. The Morgan fingerprint density at radius 2 is 2.29 bits per heavy atom. The van der Waals surface area contributed by atoms with E-state index >= 15 is 0 Å². The summed E-state index contributed by atoms with van der Waals surface area (Å²) in [6, 6.07) is 0. The van der Waals surface area contributed by atoms with Crippen LogP contribution in [-0.2, 0) is 4.74 Å². The van der Waals surface area contributed by atoms with Gasteiger partial charge in [0, 0.05) is 4.81 Å². The van der Waals surface area contributed by atoms with Gasteiger partial charge in [-0.3, -0.25) is 0 Å². The Morgan fingerprint density at radius 3 is 2.43 bits per heavy atom. The number of ether oxygens (including phenoxy) is 1. The second kappa shape index (κ2) is 1.19. The summed E-state index contributed by atoms with van der Waals surface area (Å²) in [6.07, 6.45) is 2.36. The molecule has 2 N–H and O–H groups in total. The molecule has 0 saturated carbocycles. The number of hydrogen-bond acceptors (Lipinski definition) is 3. The van der Waals surface area contributed by atoms with E-state index in [0.29, 0.717) is 0 Å². The van der Waals surface area contributed by atoms with E-state index in [-0.39, 0.29) is 6.73 Å². The number of hydroxylamine groups is 4. The molecule has 4 nitrogen and oxygen atoms in total. The second-order valence-electron chi connectivity index (χ2n) is 1.37. The SMILES string of the molecule is O[N+]1(O)C=COC1. The molecule has 0 bridgehead atoms. The van der Waals surface area contributed by atoms with Crippen LogP contribution in [0, 0.1) is 0 Å². The molecule has 0 aromatic heterocycles. The summed E-state index contributed by atoms with van der Waals surface area (Å²) in [7, 11) is 0. The predicted molar refractivity (Wildman–Crippen MR) is 18.9 cm³/mol. The summed E-state index contributed by atoms with van der Waals surface area (Å²) < 4.78 is 4.45. The lowest BCUT2D eigenvalue weighted by Gasteiger charge is -2.06. The van der Waals surface area contributed by atoms with Crippen molar-refractivity contribution < 1.29 is 20.0 Å². The average Bonchev–Trinajstić information content (AvgIpc) is 1.84. The molecule has 0 spiro atoms. The molecule has 4 heteroatoms. The van der Waals surface area contributed by atoms with Gasteiger partial charge in [0.1, 0.15) is 6.26 Å². The van der Waals surface area contributed by atoms with Crippen molar-refractivity contribution in [3.63, 3.8) is 0 Å². The highest BCUT2D eigenvalue weighted by atomic mass is 16.9. The van der Waals surface area contributed by atoms with Gasteiger partial charge in [0.25, 0.3) is 6.73 Å². The van der Waals surface area contributed by atoms with Crippen molar-refractivity contribution in [1.29, 1.82) is 0 Å². The predicted octanol–water partition coefficient (Wildman–Crippen LogP) is 0.0405. The second-order valence-corrected chi connectivity index (χ2v) is 1.37. The Balaban J connectivity index is 2.57. The normalized spacial score (nSPS) is 24.9. The van der Waals surface area contributed by atoms with Crippen LogP contribution in [0.4, 0.5) is 0 Å². The fourth-order valence-electron chi connectivity index (χ4n) is 0.336. The van der Waals surface area contributed by atoms with Gasteiger partial charge in [-0.1, -0.05) is 0 Å². The van der Waals surface area contributed by atoms with Gasteiger partial charge >= 0.3 is 0 Å². The van der Waals surface area contributed by atoms with Crippen molar-refractivity contribution in [2.75, 3.05) is 6.73 Å². The van der Waals surface area contributed by atoms with Crippen molar-refractivity contribution in [1.82, 2.24) is 0 Å². The average molecular weight is 104 g/mol. The first-order chi connectivity index (χ1) is 3.21. The minimum atomic E-state index is -1.15. The molecule has 1 heterocycles.